The van der Waals surface area contributed by atoms with Crippen molar-refractivity contribution in [2.75, 3.05) is 6.54 Å². The Kier molecular flexibility index (Phi) is 3.70. The maximum atomic E-state index is 13.8. The highest BCUT2D eigenvalue weighted by Gasteiger charge is 2.17. The van der Waals surface area contributed by atoms with Gasteiger partial charge < -0.3 is 10.3 Å². The second-order valence-corrected chi connectivity index (χ2v) is 5.80. The number of H-pyrrole nitrogens is 1. The lowest BCUT2D eigenvalue weighted by Gasteiger charge is -2.03. The minimum atomic E-state index is -0.280. The number of imidazole rings is 1. The number of benzene rings is 1. The van der Waals surface area contributed by atoms with Gasteiger partial charge >= 0.3 is 0 Å². The van der Waals surface area contributed by atoms with Gasteiger partial charge in [-0.05, 0) is 24.6 Å². The topological polar surface area (TPSA) is 57.8 Å². The Morgan fingerprint density at radius 1 is 1.48 bits per heavy atom. The van der Waals surface area contributed by atoms with Crippen LogP contribution in [-0.2, 0) is 6.42 Å². The van der Waals surface area contributed by atoms with Crippen molar-refractivity contribution in [3.63, 3.8) is 0 Å². The molecule has 0 atom stereocenters. The number of hydrogen-bond acceptors (Lipinski definition) is 3. The molecule has 0 saturated carbocycles. The van der Waals surface area contributed by atoms with Crippen LogP contribution in [0, 0.1) is 12.7 Å². The fraction of sp³-hybridized carbons (Fsp3) is 0.200. The number of thiophene rings is 1. The molecule has 21 heavy (non-hydrogen) atoms. The molecule has 0 bridgehead atoms. The van der Waals surface area contributed by atoms with Crippen molar-refractivity contribution in [1.29, 1.82) is 0 Å². The van der Waals surface area contributed by atoms with Crippen molar-refractivity contribution in [2.45, 2.75) is 13.3 Å². The van der Waals surface area contributed by atoms with Gasteiger partial charge in [-0.2, -0.15) is 0 Å². The fourth-order valence-electron chi connectivity index (χ4n) is 2.28. The van der Waals surface area contributed by atoms with Crippen LogP contribution in [-0.4, -0.2) is 22.4 Å². The number of fused-ring (bicyclic) bond motifs is 1. The molecule has 108 valence electrons. The number of hydrogen-bond donors (Lipinski definition) is 2. The van der Waals surface area contributed by atoms with Gasteiger partial charge in [-0.3, -0.25) is 4.79 Å². The van der Waals surface area contributed by atoms with Gasteiger partial charge in [0.2, 0.25) is 0 Å². The molecule has 2 heterocycles. The Hall–Kier alpha value is -2.21. The van der Waals surface area contributed by atoms with E-state index in [1.54, 1.807) is 25.5 Å². The van der Waals surface area contributed by atoms with Crippen molar-refractivity contribution >= 4 is 27.3 Å². The zero-order chi connectivity index (χ0) is 14.8. The van der Waals surface area contributed by atoms with E-state index in [0.29, 0.717) is 28.8 Å². The maximum Gasteiger partial charge on any atom is 0.261 e. The molecule has 0 saturated heterocycles. The Morgan fingerprint density at radius 3 is 3.05 bits per heavy atom. The van der Waals surface area contributed by atoms with E-state index in [-0.39, 0.29) is 11.7 Å². The first-order chi connectivity index (χ1) is 10.2. The van der Waals surface area contributed by atoms with Crippen LogP contribution in [0.15, 0.2) is 30.7 Å². The Morgan fingerprint density at radius 2 is 2.33 bits per heavy atom. The van der Waals surface area contributed by atoms with Gasteiger partial charge in [0.15, 0.2) is 0 Å². The van der Waals surface area contributed by atoms with Crippen molar-refractivity contribution in [3.8, 4) is 0 Å². The van der Waals surface area contributed by atoms with Crippen molar-refractivity contribution in [2.24, 2.45) is 0 Å². The SMILES string of the molecule is Cc1c(C(=O)NCCc2cnc[nH]2)sc2cccc(F)c12. The average Bonchev–Trinajstić information content (AvgIpc) is 3.08. The third kappa shape index (κ3) is 2.67. The molecule has 1 amide bonds. The number of aromatic nitrogens is 2. The lowest BCUT2D eigenvalue weighted by molar-refractivity contribution is 0.0957. The minimum absolute atomic E-state index is 0.160. The van der Waals surface area contributed by atoms with Crippen LogP contribution in [0.4, 0.5) is 4.39 Å². The summed E-state index contributed by atoms with van der Waals surface area (Å²) in [4.78, 5) is 19.7. The van der Waals surface area contributed by atoms with Crippen LogP contribution in [0.3, 0.4) is 0 Å². The summed E-state index contributed by atoms with van der Waals surface area (Å²) in [5.74, 6) is -0.439. The van der Waals surface area contributed by atoms with Gasteiger partial charge in [0.25, 0.3) is 5.91 Å². The summed E-state index contributed by atoms with van der Waals surface area (Å²) in [5.41, 5.74) is 1.67. The average molecular weight is 303 g/mol. The molecule has 0 spiro atoms. The van der Waals surface area contributed by atoms with Crippen LogP contribution in [0.2, 0.25) is 0 Å². The standard InChI is InChI=1S/C15H14FN3OS/c1-9-13-11(16)3-2-4-12(13)21-14(9)15(20)18-6-5-10-7-17-8-19-10/h2-4,7-8H,5-6H2,1H3,(H,17,19)(H,18,20). The first-order valence-corrected chi connectivity index (χ1v) is 7.41. The summed E-state index contributed by atoms with van der Waals surface area (Å²) in [6, 6.07) is 4.91. The molecule has 6 heteroatoms. The van der Waals surface area contributed by atoms with Gasteiger partial charge in [-0.25, -0.2) is 9.37 Å². The quantitative estimate of drug-likeness (QED) is 0.778. The first-order valence-electron chi connectivity index (χ1n) is 6.60. The predicted molar refractivity (Wildman–Crippen MR) is 81.1 cm³/mol. The van der Waals surface area contributed by atoms with Crippen LogP contribution < -0.4 is 5.32 Å². The molecular formula is C15H14FN3OS. The summed E-state index contributed by atoms with van der Waals surface area (Å²) < 4.78 is 14.6. The number of aryl methyl sites for hydroxylation is 1. The maximum absolute atomic E-state index is 13.8. The van der Waals surface area contributed by atoms with Crippen molar-refractivity contribution in [1.82, 2.24) is 15.3 Å². The van der Waals surface area contributed by atoms with E-state index in [0.717, 1.165) is 10.4 Å². The fourth-order valence-corrected chi connectivity index (χ4v) is 3.42. The monoisotopic (exact) mass is 303 g/mol. The molecule has 0 aliphatic carbocycles. The third-order valence-electron chi connectivity index (χ3n) is 3.34. The molecule has 3 rings (SSSR count). The number of amides is 1. The van der Waals surface area contributed by atoms with Crippen LogP contribution in [0.5, 0.6) is 0 Å². The normalized spacial score (nSPS) is 11.0. The van der Waals surface area contributed by atoms with E-state index in [1.165, 1.54) is 17.4 Å². The summed E-state index contributed by atoms with van der Waals surface area (Å²) in [5, 5.41) is 3.40. The largest absolute Gasteiger partial charge is 0.351 e. The zero-order valence-electron chi connectivity index (χ0n) is 11.4. The Balaban J connectivity index is 1.75. The van der Waals surface area contributed by atoms with E-state index in [2.05, 4.69) is 15.3 Å². The lowest BCUT2D eigenvalue weighted by atomic mass is 10.1. The molecular weight excluding hydrogens is 289 g/mol. The number of carbonyl (C=O) groups is 1. The van der Waals surface area contributed by atoms with Gasteiger partial charge in [-0.1, -0.05) is 6.07 Å². The van der Waals surface area contributed by atoms with Crippen LogP contribution in [0.1, 0.15) is 20.9 Å². The third-order valence-corrected chi connectivity index (χ3v) is 4.60. The second kappa shape index (κ2) is 5.65. The van der Waals surface area contributed by atoms with Crippen molar-refractivity contribution in [3.05, 3.63) is 52.7 Å². The molecule has 0 fully saturated rings. The van der Waals surface area contributed by atoms with E-state index >= 15 is 0 Å². The molecule has 2 N–H and O–H groups in total. The molecule has 0 aliphatic rings. The van der Waals surface area contributed by atoms with Gasteiger partial charge in [0, 0.05) is 34.9 Å². The second-order valence-electron chi connectivity index (χ2n) is 4.75. The molecule has 4 nitrogen and oxygen atoms in total. The molecule has 3 aromatic rings. The number of carbonyl (C=O) groups excluding carboxylic acids is 1. The highest BCUT2D eigenvalue weighted by molar-refractivity contribution is 7.21. The smallest absolute Gasteiger partial charge is 0.261 e. The summed E-state index contributed by atoms with van der Waals surface area (Å²) in [6.07, 6.45) is 4.02. The highest BCUT2D eigenvalue weighted by atomic mass is 32.1. The molecule has 0 unspecified atom stereocenters. The lowest BCUT2D eigenvalue weighted by Crippen LogP contribution is -2.25. The Bertz CT molecular complexity index is 780. The molecule has 0 radical (unpaired) electrons. The van der Waals surface area contributed by atoms with E-state index in [9.17, 15) is 9.18 Å². The van der Waals surface area contributed by atoms with Gasteiger partial charge in [-0.15, -0.1) is 11.3 Å². The predicted octanol–water partition coefficient (Wildman–Crippen LogP) is 3.04. The van der Waals surface area contributed by atoms with E-state index in [4.69, 9.17) is 0 Å². The van der Waals surface area contributed by atoms with Crippen LogP contribution >= 0.6 is 11.3 Å². The number of halogens is 1. The van der Waals surface area contributed by atoms with E-state index < -0.39 is 0 Å². The van der Waals surface area contributed by atoms with Crippen LogP contribution in [0.25, 0.3) is 10.1 Å². The van der Waals surface area contributed by atoms with Gasteiger partial charge in [0.05, 0.1) is 11.2 Å². The number of rotatable bonds is 4. The molecule has 2 aromatic heterocycles. The van der Waals surface area contributed by atoms with Crippen molar-refractivity contribution < 1.29 is 9.18 Å². The summed E-state index contributed by atoms with van der Waals surface area (Å²) in [6.45, 7) is 2.29. The summed E-state index contributed by atoms with van der Waals surface area (Å²) >= 11 is 1.32. The summed E-state index contributed by atoms with van der Waals surface area (Å²) in [7, 11) is 0. The highest BCUT2D eigenvalue weighted by Crippen LogP contribution is 2.32. The minimum Gasteiger partial charge on any atom is -0.351 e. The Labute approximate surface area is 125 Å². The van der Waals surface area contributed by atoms with E-state index in [1.807, 2.05) is 6.07 Å². The zero-order valence-corrected chi connectivity index (χ0v) is 12.3. The number of aromatic amines is 1. The number of nitrogens with one attached hydrogen (secondary N) is 2. The molecule has 1 aromatic carbocycles. The first kappa shape index (κ1) is 13.8. The number of nitrogens with zero attached hydrogens (tertiary/aromatic N) is 1. The molecule has 0 aliphatic heterocycles. The van der Waals surface area contributed by atoms with Gasteiger partial charge in [0.1, 0.15) is 5.82 Å².